The number of likely N-dealkylation sites (N-methyl/N-ethyl adjacent to an activating group) is 1. The zero-order valence-electron chi connectivity index (χ0n) is 14.1. The molecule has 0 saturated carbocycles. The number of amides is 1. The molecule has 1 aromatic rings. The third kappa shape index (κ3) is 3.48. The van der Waals surface area contributed by atoms with Crippen molar-refractivity contribution in [1.29, 1.82) is 0 Å². The molecule has 0 aromatic carbocycles. The van der Waals surface area contributed by atoms with E-state index < -0.39 is 0 Å². The van der Waals surface area contributed by atoms with Gasteiger partial charge in [-0.1, -0.05) is 0 Å². The van der Waals surface area contributed by atoms with Crippen LogP contribution in [0.4, 0.5) is 0 Å². The molecule has 0 unspecified atom stereocenters. The Morgan fingerprint density at radius 2 is 1.74 bits per heavy atom. The summed E-state index contributed by atoms with van der Waals surface area (Å²) in [5.74, 6) is 0.0468. The first-order valence-electron chi connectivity index (χ1n) is 8.42. The lowest BCUT2D eigenvalue weighted by Crippen LogP contribution is -2.52. The molecule has 0 radical (unpaired) electrons. The van der Waals surface area contributed by atoms with Crippen molar-refractivity contribution in [2.24, 2.45) is 7.05 Å². The van der Waals surface area contributed by atoms with Crippen LogP contribution in [0.25, 0.3) is 0 Å². The van der Waals surface area contributed by atoms with Crippen molar-refractivity contribution >= 4 is 12.2 Å². The summed E-state index contributed by atoms with van der Waals surface area (Å²) in [7, 11) is 3.96. The minimum Gasteiger partial charge on any atom is -0.348 e. The standard InChI is InChI=1S/C17H26N4O2/c1-18-7-9-20(10-8-18)15-3-5-21(6-4-15)17(23)14-11-16(13-22)19(2)12-14/h11-13,15H,3-10H2,1-2H3. The summed E-state index contributed by atoms with van der Waals surface area (Å²) in [5.41, 5.74) is 1.16. The summed E-state index contributed by atoms with van der Waals surface area (Å²) in [6, 6.07) is 2.29. The van der Waals surface area contributed by atoms with Gasteiger partial charge in [-0.25, -0.2) is 0 Å². The Hall–Kier alpha value is -1.66. The highest BCUT2D eigenvalue weighted by Crippen LogP contribution is 2.20. The molecule has 126 valence electrons. The van der Waals surface area contributed by atoms with Crippen LogP contribution in [0.3, 0.4) is 0 Å². The van der Waals surface area contributed by atoms with Crippen LogP contribution in [-0.2, 0) is 7.05 Å². The zero-order valence-corrected chi connectivity index (χ0v) is 14.1. The van der Waals surface area contributed by atoms with Gasteiger partial charge in [-0.15, -0.1) is 0 Å². The maximum absolute atomic E-state index is 12.6. The highest BCUT2D eigenvalue weighted by Gasteiger charge is 2.29. The van der Waals surface area contributed by atoms with Crippen molar-refractivity contribution in [3.05, 3.63) is 23.5 Å². The smallest absolute Gasteiger partial charge is 0.255 e. The number of aldehydes is 1. The summed E-state index contributed by atoms with van der Waals surface area (Å²) >= 11 is 0. The van der Waals surface area contributed by atoms with Gasteiger partial charge in [0.2, 0.25) is 0 Å². The minimum absolute atomic E-state index is 0.0468. The van der Waals surface area contributed by atoms with Crippen LogP contribution in [0.5, 0.6) is 0 Å². The summed E-state index contributed by atoms with van der Waals surface area (Å²) < 4.78 is 1.71. The number of piperazine rings is 1. The number of aromatic nitrogens is 1. The molecule has 1 aromatic heterocycles. The molecule has 0 atom stereocenters. The molecule has 2 aliphatic heterocycles. The van der Waals surface area contributed by atoms with Crippen molar-refractivity contribution < 1.29 is 9.59 Å². The molecule has 0 aliphatic carbocycles. The fraction of sp³-hybridized carbons (Fsp3) is 0.647. The van der Waals surface area contributed by atoms with Crippen LogP contribution in [0.2, 0.25) is 0 Å². The van der Waals surface area contributed by atoms with Crippen LogP contribution in [0.1, 0.15) is 33.7 Å². The number of piperidine rings is 1. The molecule has 6 nitrogen and oxygen atoms in total. The second-order valence-electron chi connectivity index (χ2n) is 6.75. The molecule has 23 heavy (non-hydrogen) atoms. The second-order valence-corrected chi connectivity index (χ2v) is 6.75. The predicted molar refractivity (Wildman–Crippen MR) is 88.8 cm³/mol. The highest BCUT2D eigenvalue weighted by molar-refractivity contribution is 5.95. The van der Waals surface area contributed by atoms with E-state index in [1.165, 1.54) is 0 Å². The molecule has 3 rings (SSSR count). The highest BCUT2D eigenvalue weighted by atomic mass is 16.2. The van der Waals surface area contributed by atoms with Gasteiger partial charge in [-0.3, -0.25) is 14.5 Å². The van der Waals surface area contributed by atoms with E-state index in [2.05, 4.69) is 16.8 Å². The van der Waals surface area contributed by atoms with Crippen molar-refractivity contribution in [2.75, 3.05) is 46.3 Å². The molecular formula is C17H26N4O2. The molecule has 2 aliphatic rings. The van der Waals surface area contributed by atoms with Gasteiger partial charge in [-0.2, -0.15) is 0 Å². The predicted octanol–water partition coefficient (Wildman–Crippen LogP) is 0.690. The van der Waals surface area contributed by atoms with Crippen LogP contribution in [-0.4, -0.2) is 83.8 Å². The molecular weight excluding hydrogens is 292 g/mol. The van der Waals surface area contributed by atoms with E-state index >= 15 is 0 Å². The van der Waals surface area contributed by atoms with E-state index in [4.69, 9.17) is 0 Å². The number of nitrogens with zero attached hydrogens (tertiary/aromatic N) is 4. The largest absolute Gasteiger partial charge is 0.348 e. The number of carbonyl (C=O) groups is 2. The van der Waals surface area contributed by atoms with E-state index in [9.17, 15) is 9.59 Å². The first-order valence-corrected chi connectivity index (χ1v) is 8.42. The Kier molecular flexibility index (Phi) is 4.82. The number of hydrogen-bond acceptors (Lipinski definition) is 4. The number of carbonyl (C=O) groups excluding carboxylic acids is 2. The van der Waals surface area contributed by atoms with Crippen molar-refractivity contribution in [3.8, 4) is 0 Å². The molecule has 0 N–H and O–H groups in total. The number of hydrogen-bond donors (Lipinski definition) is 0. The fourth-order valence-electron chi connectivity index (χ4n) is 3.62. The van der Waals surface area contributed by atoms with E-state index in [1.54, 1.807) is 23.9 Å². The van der Waals surface area contributed by atoms with Crippen LogP contribution >= 0.6 is 0 Å². The lowest BCUT2D eigenvalue weighted by molar-refractivity contribution is 0.0519. The number of rotatable bonds is 3. The molecule has 3 heterocycles. The quantitative estimate of drug-likeness (QED) is 0.770. The normalized spacial score (nSPS) is 21.6. The average Bonchev–Trinajstić information content (AvgIpc) is 2.96. The SMILES string of the molecule is CN1CCN(C2CCN(C(=O)c3cc(C=O)n(C)c3)CC2)CC1. The third-order valence-electron chi connectivity index (χ3n) is 5.22. The van der Waals surface area contributed by atoms with Crippen LogP contribution < -0.4 is 0 Å². The summed E-state index contributed by atoms with van der Waals surface area (Å²) in [4.78, 5) is 30.4. The average molecular weight is 318 g/mol. The Morgan fingerprint density at radius 1 is 1.09 bits per heavy atom. The first-order chi connectivity index (χ1) is 11.1. The van der Waals surface area contributed by atoms with E-state index in [0.29, 0.717) is 17.3 Å². The molecule has 1 amide bonds. The fourth-order valence-corrected chi connectivity index (χ4v) is 3.62. The molecule has 0 bridgehead atoms. The van der Waals surface area contributed by atoms with Gasteiger partial charge in [0.1, 0.15) is 0 Å². The summed E-state index contributed by atoms with van der Waals surface area (Å²) in [5, 5.41) is 0. The van der Waals surface area contributed by atoms with E-state index in [1.807, 2.05) is 4.90 Å². The Labute approximate surface area is 137 Å². The maximum Gasteiger partial charge on any atom is 0.255 e. The molecule has 6 heteroatoms. The monoisotopic (exact) mass is 318 g/mol. The van der Waals surface area contributed by atoms with Crippen LogP contribution in [0.15, 0.2) is 12.3 Å². The van der Waals surface area contributed by atoms with Gasteiger partial charge in [0, 0.05) is 58.6 Å². The van der Waals surface area contributed by atoms with Crippen molar-refractivity contribution in [3.63, 3.8) is 0 Å². The van der Waals surface area contributed by atoms with Crippen molar-refractivity contribution in [1.82, 2.24) is 19.3 Å². The van der Waals surface area contributed by atoms with E-state index in [-0.39, 0.29) is 5.91 Å². The van der Waals surface area contributed by atoms with E-state index in [0.717, 1.165) is 58.4 Å². The minimum atomic E-state index is 0.0468. The van der Waals surface area contributed by atoms with Gasteiger partial charge in [0.15, 0.2) is 6.29 Å². The zero-order chi connectivity index (χ0) is 16.4. The second kappa shape index (κ2) is 6.84. The molecule has 0 spiro atoms. The van der Waals surface area contributed by atoms with Gasteiger partial charge in [-0.05, 0) is 26.0 Å². The van der Waals surface area contributed by atoms with Gasteiger partial charge >= 0.3 is 0 Å². The Balaban J connectivity index is 1.55. The van der Waals surface area contributed by atoms with Crippen molar-refractivity contribution in [2.45, 2.75) is 18.9 Å². The molecule has 2 fully saturated rings. The number of aryl methyl sites for hydroxylation is 1. The lowest BCUT2D eigenvalue weighted by atomic mass is 10.0. The topological polar surface area (TPSA) is 48.8 Å². The summed E-state index contributed by atoms with van der Waals surface area (Å²) in [6.45, 7) is 6.16. The lowest BCUT2D eigenvalue weighted by Gasteiger charge is -2.42. The van der Waals surface area contributed by atoms with Gasteiger partial charge in [0.25, 0.3) is 5.91 Å². The molecule has 2 saturated heterocycles. The van der Waals surface area contributed by atoms with Gasteiger partial charge in [0.05, 0.1) is 11.3 Å². The summed E-state index contributed by atoms with van der Waals surface area (Å²) in [6.07, 6.45) is 4.63. The Bertz CT molecular complexity index is 567. The first kappa shape index (κ1) is 16.2. The van der Waals surface area contributed by atoms with Gasteiger partial charge < -0.3 is 14.4 Å². The number of likely N-dealkylation sites (tertiary alicyclic amines) is 1. The Morgan fingerprint density at radius 3 is 2.30 bits per heavy atom. The van der Waals surface area contributed by atoms with Crippen LogP contribution in [0, 0.1) is 0 Å². The maximum atomic E-state index is 12.6. The third-order valence-corrected chi connectivity index (χ3v) is 5.22.